The number of carbonyl (C=O) groups excluding carboxylic acids is 1. The minimum absolute atomic E-state index is 0.213. The van der Waals surface area contributed by atoms with Crippen molar-refractivity contribution < 1.29 is 9.53 Å². The Bertz CT molecular complexity index is 898. The summed E-state index contributed by atoms with van der Waals surface area (Å²) in [6.45, 7) is 8.52. The summed E-state index contributed by atoms with van der Waals surface area (Å²) in [7, 11) is 0. The summed E-state index contributed by atoms with van der Waals surface area (Å²) >= 11 is 5.59. The molecule has 0 unspecified atom stereocenters. The van der Waals surface area contributed by atoms with Crippen LogP contribution in [0.15, 0.2) is 24.3 Å². The molecule has 0 bridgehead atoms. The van der Waals surface area contributed by atoms with E-state index in [1.54, 1.807) is 0 Å². The fourth-order valence-electron chi connectivity index (χ4n) is 2.96. The molecule has 0 fully saturated rings. The lowest BCUT2D eigenvalue weighted by Gasteiger charge is -2.00. The van der Waals surface area contributed by atoms with Crippen molar-refractivity contribution in [2.24, 2.45) is 0 Å². The van der Waals surface area contributed by atoms with Crippen molar-refractivity contribution in [3.05, 3.63) is 45.1 Å². The summed E-state index contributed by atoms with van der Waals surface area (Å²) in [5.41, 5.74) is 2.76. The first-order valence-electron chi connectivity index (χ1n) is 8.90. The highest BCUT2D eigenvalue weighted by molar-refractivity contribution is 7.26. The molecule has 3 rings (SSSR count). The maximum Gasteiger partial charge on any atom is 0.302 e. The molecular formula is C21H24O2S3. The third-order valence-electron chi connectivity index (χ3n) is 4.33. The molecule has 26 heavy (non-hydrogen) atoms. The Morgan fingerprint density at radius 1 is 0.885 bits per heavy atom. The summed E-state index contributed by atoms with van der Waals surface area (Å²) < 4.78 is 5.08. The monoisotopic (exact) mass is 404 g/mol. The molecule has 5 heteroatoms. The number of carbonyl (C=O) groups is 1. The van der Waals surface area contributed by atoms with E-state index in [0.717, 1.165) is 12.8 Å². The second-order valence-corrected chi connectivity index (χ2v) is 9.98. The maximum absolute atomic E-state index is 10.9. The minimum Gasteiger partial charge on any atom is -0.466 e. The van der Waals surface area contributed by atoms with Crippen LogP contribution in [0, 0.1) is 13.8 Å². The lowest BCUT2D eigenvalue weighted by atomic mass is 10.1. The fraction of sp³-hybridized carbons (Fsp3) is 0.381. The zero-order valence-electron chi connectivity index (χ0n) is 15.7. The Kier molecular flexibility index (Phi) is 6.33. The first-order chi connectivity index (χ1) is 12.5. The standard InChI is InChI=1S/C21H24O2S3/c1-5-6-16-11-20(24-13(16)2)18-7-8-19(26-18)21-12-17(14(3)25-21)9-10-23-15(4)22/h7-8,11-12H,5-6,9-10H2,1-4H3. The Balaban J connectivity index is 1.77. The third-order valence-corrected chi connectivity index (χ3v) is 7.99. The van der Waals surface area contributed by atoms with Gasteiger partial charge in [-0.2, -0.15) is 0 Å². The molecule has 138 valence electrons. The van der Waals surface area contributed by atoms with Crippen LogP contribution >= 0.6 is 34.0 Å². The molecule has 0 aliphatic rings. The highest BCUT2D eigenvalue weighted by Gasteiger charge is 2.13. The van der Waals surface area contributed by atoms with Gasteiger partial charge in [-0.15, -0.1) is 34.0 Å². The zero-order chi connectivity index (χ0) is 18.7. The number of ether oxygens (including phenoxy) is 1. The number of esters is 1. The molecule has 0 saturated heterocycles. The van der Waals surface area contributed by atoms with Crippen molar-refractivity contribution in [1.82, 2.24) is 0 Å². The first-order valence-corrected chi connectivity index (χ1v) is 11.4. The van der Waals surface area contributed by atoms with Gasteiger partial charge in [-0.1, -0.05) is 13.3 Å². The smallest absolute Gasteiger partial charge is 0.302 e. The lowest BCUT2D eigenvalue weighted by molar-refractivity contribution is -0.140. The summed E-state index contributed by atoms with van der Waals surface area (Å²) in [5, 5.41) is 0. The van der Waals surface area contributed by atoms with Gasteiger partial charge in [0.2, 0.25) is 0 Å². The molecule has 0 amide bonds. The van der Waals surface area contributed by atoms with Gasteiger partial charge >= 0.3 is 5.97 Å². The molecule has 0 aliphatic heterocycles. The van der Waals surface area contributed by atoms with Crippen LogP contribution in [0.2, 0.25) is 0 Å². The number of aryl methyl sites for hydroxylation is 3. The van der Waals surface area contributed by atoms with Gasteiger partial charge < -0.3 is 4.74 Å². The quantitative estimate of drug-likeness (QED) is 0.401. The van der Waals surface area contributed by atoms with Crippen LogP contribution in [0.4, 0.5) is 0 Å². The molecule has 0 aliphatic carbocycles. The van der Waals surface area contributed by atoms with Gasteiger partial charge in [0, 0.05) is 42.6 Å². The van der Waals surface area contributed by atoms with Crippen LogP contribution < -0.4 is 0 Å². The molecule has 0 N–H and O–H groups in total. The average Bonchev–Trinajstić information content (AvgIpc) is 3.28. The predicted molar refractivity (Wildman–Crippen MR) is 115 cm³/mol. The molecule has 0 spiro atoms. The lowest BCUT2D eigenvalue weighted by Crippen LogP contribution is -2.03. The van der Waals surface area contributed by atoms with Crippen LogP contribution in [0.25, 0.3) is 19.5 Å². The van der Waals surface area contributed by atoms with E-state index >= 15 is 0 Å². The van der Waals surface area contributed by atoms with Crippen molar-refractivity contribution >= 4 is 40.0 Å². The molecule has 3 heterocycles. The fourth-order valence-corrected chi connectivity index (χ4v) is 6.27. The van der Waals surface area contributed by atoms with Crippen LogP contribution in [0.3, 0.4) is 0 Å². The first kappa shape index (κ1) is 19.3. The van der Waals surface area contributed by atoms with E-state index in [2.05, 4.69) is 45.0 Å². The van der Waals surface area contributed by atoms with E-state index < -0.39 is 0 Å². The van der Waals surface area contributed by atoms with Gasteiger partial charge in [0.05, 0.1) is 6.61 Å². The predicted octanol–water partition coefficient (Wildman–Crippen LogP) is 6.88. The molecule has 0 saturated carbocycles. The van der Waals surface area contributed by atoms with Crippen molar-refractivity contribution in [2.75, 3.05) is 6.61 Å². The van der Waals surface area contributed by atoms with Crippen LogP contribution in [-0.2, 0) is 22.4 Å². The van der Waals surface area contributed by atoms with E-state index in [-0.39, 0.29) is 5.97 Å². The van der Waals surface area contributed by atoms with Crippen molar-refractivity contribution in [1.29, 1.82) is 0 Å². The highest BCUT2D eigenvalue weighted by Crippen LogP contribution is 2.41. The summed E-state index contributed by atoms with van der Waals surface area (Å²) in [5.74, 6) is -0.213. The van der Waals surface area contributed by atoms with Gasteiger partial charge in [0.25, 0.3) is 0 Å². The van der Waals surface area contributed by atoms with Crippen molar-refractivity contribution in [3.63, 3.8) is 0 Å². The van der Waals surface area contributed by atoms with Gasteiger partial charge in [-0.05, 0) is 55.7 Å². The van der Waals surface area contributed by atoms with E-state index in [9.17, 15) is 4.79 Å². The van der Waals surface area contributed by atoms with Gasteiger partial charge in [-0.3, -0.25) is 4.79 Å². The summed E-state index contributed by atoms with van der Waals surface area (Å²) in [6.07, 6.45) is 3.14. The summed E-state index contributed by atoms with van der Waals surface area (Å²) in [6, 6.07) is 9.09. The highest BCUT2D eigenvalue weighted by atomic mass is 32.1. The van der Waals surface area contributed by atoms with E-state index in [1.807, 2.05) is 34.0 Å². The molecule has 0 aromatic carbocycles. The topological polar surface area (TPSA) is 26.3 Å². The van der Waals surface area contributed by atoms with Gasteiger partial charge in [0.15, 0.2) is 0 Å². The van der Waals surface area contributed by atoms with Crippen molar-refractivity contribution in [2.45, 2.75) is 47.0 Å². The number of rotatable bonds is 7. The Morgan fingerprint density at radius 3 is 1.92 bits per heavy atom. The minimum atomic E-state index is -0.213. The molecule has 3 aromatic heterocycles. The Labute approximate surface area is 167 Å². The second-order valence-electron chi connectivity index (χ2n) is 6.39. The second kappa shape index (κ2) is 8.51. The van der Waals surface area contributed by atoms with E-state index in [0.29, 0.717) is 6.61 Å². The SMILES string of the molecule is CCCc1cc(-c2ccc(-c3cc(CCOC(C)=O)c(C)s3)s2)sc1C. The number of thiophene rings is 3. The van der Waals surface area contributed by atoms with Gasteiger partial charge in [0.1, 0.15) is 0 Å². The van der Waals surface area contributed by atoms with E-state index in [1.165, 1.54) is 53.7 Å². The van der Waals surface area contributed by atoms with E-state index in [4.69, 9.17) is 4.74 Å². The van der Waals surface area contributed by atoms with Crippen LogP contribution in [-0.4, -0.2) is 12.6 Å². The summed E-state index contributed by atoms with van der Waals surface area (Å²) in [4.78, 5) is 19.0. The molecule has 2 nitrogen and oxygen atoms in total. The molecule has 3 aromatic rings. The zero-order valence-corrected chi connectivity index (χ0v) is 18.1. The maximum atomic E-state index is 10.9. The molecular weight excluding hydrogens is 380 g/mol. The molecule has 0 radical (unpaired) electrons. The van der Waals surface area contributed by atoms with Crippen molar-refractivity contribution in [3.8, 4) is 19.5 Å². The van der Waals surface area contributed by atoms with Gasteiger partial charge in [-0.25, -0.2) is 0 Å². The Morgan fingerprint density at radius 2 is 1.42 bits per heavy atom. The third kappa shape index (κ3) is 4.45. The average molecular weight is 405 g/mol. The van der Waals surface area contributed by atoms with Crippen LogP contribution in [0.1, 0.15) is 41.1 Å². The normalized spacial score (nSPS) is 11.1. The number of hydrogen-bond donors (Lipinski definition) is 0. The molecule has 0 atom stereocenters. The van der Waals surface area contributed by atoms with Crippen LogP contribution in [0.5, 0.6) is 0 Å². The largest absolute Gasteiger partial charge is 0.466 e. The number of hydrogen-bond acceptors (Lipinski definition) is 5. The Hall–Kier alpha value is -1.43.